The van der Waals surface area contributed by atoms with Gasteiger partial charge < -0.3 is 10.6 Å². The Hall–Kier alpha value is -1.94. The number of benzene rings is 1. The largest absolute Gasteiger partial charge is 0.370 e. The molecule has 94 valence electrons. The van der Waals surface area contributed by atoms with Crippen LogP contribution >= 0.6 is 0 Å². The summed E-state index contributed by atoms with van der Waals surface area (Å²) in [5, 5.41) is 0. The average Bonchev–Trinajstić information content (AvgIpc) is 2.39. The molecule has 0 spiro atoms. The predicted molar refractivity (Wildman–Crippen MR) is 70.6 cm³/mol. The summed E-state index contributed by atoms with van der Waals surface area (Å²) in [7, 11) is 1.93. The van der Waals surface area contributed by atoms with Crippen LogP contribution in [0, 0.1) is 5.82 Å². The lowest BCUT2D eigenvalue weighted by atomic mass is 10.1. The number of anilines is 1. The van der Waals surface area contributed by atoms with Gasteiger partial charge in [0.15, 0.2) is 0 Å². The molecular formula is C14H16FN3. The van der Waals surface area contributed by atoms with E-state index in [9.17, 15) is 4.39 Å². The predicted octanol–water partition coefficient (Wildman–Crippen LogP) is 2.32. The van der Waals surface area contributed by atoms with Gasteiger partial charge in [-0.05, 0) is 41.5 Å². The van der Waals surface area contributed by atoms with Crippen molar-refractivity contribution in [3.8, 4) is 0 Å². The molecule has 0 saturated heterocycles. The van der Waals surface area contributed by atoms with Crippen molar-refractivity contribution in [1.29, 1.82) is 0 Å². The van der Waals surface area contributed by atoms with Gasteiger partial charge in [0.25, 0.3) is 0 Å². The zero-order valence-electron chi connectivity index (χ0n) is 10.3. The van der Waals surface area contributed by atoms with Crippen LogP contribution in [-0.4, -0.2) is 12.0 Å². The average molecular weight is 245 g/mol. The van der Waals surface area contributed by atoms with E-state index in [0.717, 1.165) is 16.8 Å². The zero-order chi connectivity index (χ0) is 13.0. The fourth-order valence-electron chi connectivity index (χ4n) is 1.82. The molecule has 0 atom stereocenters. The van der Waals surface area contributed by atoms with E-state index < -0.39 is 0 Å². The first kappa shape index (κ1) is 12.5. The third kappa shape index (κ3) is 3.05. The second-order valence-electron chi connectivity index (χ2n) is 4.23. The van der Waals surface area contributed by atoms with Crippen molar-refractivity contribution in [1.82, 2.24) is 4.98 Å². The Morgan fingerprint density at radius 3 is 2.56 bits per heavy atom. The van der Waals surface area contributed by atoms with E-state index in [1.807, 2.05) is 30.1 Å². The number of aromatic nitrogens is 1. The fourth-order valence-corrected chi connectivity index (χ4v) is 1.82. The van der Waals surface area contributed by atoms with E-state index in [-0.39, 0.29) is 5.82 Å². The van der Waals surface area contributed by atoms with Crippen molar-refractivity contribution < 1.29 is 4.39 Å². The standard InChI is InChI=1S/C14H16FN3/c1-18(10-11-2-4-17-5-3-11)14-7-12(9-16)6-13(15)8-14/h2-8H,9-10,16H2,1H3. The Morgan fingerprint density at radius 1 is 1.17 bits per heavy atom. The summed E-state index contributed by atoms with van der Waals surface area (Å²) in [4.78, 5) is 5.96. The molecule has 0 amide bonds. The van der Waals surface area contributed by atoms with Gasteiger partial charge >= 0.3 is 0 Å². The van der Waals surface area contributed by atoms with Crippen LogP contribution in [0.5, 0.6) is 0 Å². The van der Waals surface area contributed by atoms with Crippen LogP contribution in [0.4, 0.5) is 10.1 Å². The Bertz CT molecular complexity index is 514. The minimum atomic E-state index is -0.255. The maximum atomic E-state index is 13.4. The highest BCUT2D eigenvalue weighted by atomic mass is 19.1. The van der Waals surface area contributed by atoms with E-state index in [1.165, 1.54) is 12.1 Å². The second kappa shape index (κ2) is 5.60. The lowest BCUT2D eigenvalue weighted by Gasteiger charge is -2.20. The first-order valence-electron chi connectivity index (χ1n) is 5.78. The second-order valence-corrected chi connectivity index (χ2v) is 4.23. The maximum Gasteiger partial charge on any atom is 0.125 e. The maximum absolute atomic E-state index is 13.4. The summed E-state index contributed by atoms with van der Waals surface area (Å²) < 4.78 is 13.4. The third-order valence-corrected chi connectivity index (χ3v) is 2.79. The molecule has 1 aromatic heterocycles. The highest BCUT2D eigenvalue weighted by Crippen LogP contribution is 2.19. The fraction of sp³-hybridized carbons (Fsp3) is 0.214. The molecule has 3 nitrogen and oxygen atoms in total. The van der Waals surface area contributed by atoms with Crippen LogP contribution in [-0.2, 0) is 13.1 Å². The van der Waals surface area contributed by atoms with Gasteiger partial charge in [-0.3, -0.25) is 4.98 Å². The minimum Gasteiger partial charge on any atom is -0.370 e. The normalized spacial score (nSPS) is 10.4. The first-order chi connectivity index (χ1) is 8.69. The first-order valence-corrected chi connectivity index (χ1v) is 5.78. The van der Waals surface area contributed by atoms with Gasteiger partial charge in [0.05, 0.1) is 0 Å². The van der Waals surface area contributed by atoms with Crippen LogP contribution in [0.3, 0.4) is 0 Å². The molecule has 0 unspecified atom stereocenters. The van der Waals surface area contributed by atoms with Gasteiger partial charge in [0.2, 0.25) is 0 Å². The molecule has 0 aliphatic carbocycles. The summed E-state index contributed by atoms with van der Waals surface area (Å²) in [6, 6.07) is 8.77. The lowest BCUT2D eigenvalue weighted by Crippen LogP contribution is -2.17. The Balaban J connectivity index is 2.18. The van der Waals surface area contributed by atoms with Gasteiger partial charge in [0.1, 0.15) is 5.82 Å². The van der Waals surface area contributed by atoms with Crippen molar-refractivity contribution in [2.45, 2.75) is 13.1 Å². The van der Waals surface area contributed by atoms with Gasteiger partial charge in [0, 0.05) is 38.2 Å². The molecule has 2 aromatic rings. The minimum absolute atomic E-state index is 0.255. The van der Waals surface area contributed by atoms with Gasteiger partial charge in [-0.25, -0.2) is 4.39 Å². The highest BCUT2D eigenvalue weighted by molar-refractivity contribution is 5.48. The quantitative estimate of drug-likeness (QED) is 0.898. The molecule has 0 saturated carbocycles. The van der Waals surface area contributed by atoms with Crippen molar-refractivity contribution in [2.24, 2.45) is 5.73 Å². The monoisotopic (exact) mass is 245 g/mol. The van der Waals surface area contributed by atoms with Crippen LogP contribution in [0.25, 0.3) is 0 Å². The molecule has 0 aliphatic rings. The van der Waals surface area contributed by atoms with E-state index in [1.54, 1.807) is 12.4 Å². The van der Waals surface area contributed by atoms with E-state index in [4.69, 9.17) is 5.73 Å². The molecule has 0 aliphatic heterocycles. The van der Waals surface area contributed by atoms with Gasteiger partial charge in [-0.15, -0.1) is 0 Å². The number of halogens is 1. The molecule has 2 rings (SSSR count). The third-order valence-electron chi connectivity index (χ3n) is 2.79. The van der Waals surface area contributed by atoms with E-state index in [2.05, 4.69) is 4.98 Å². The van der Waals surface area contributed by atoms with Crippen LogP contribution < -0.4 is 10.6 Å². The number of hydrogen-bond acceptors (Lipinski definition) is 3. The van der Waals surface area contributed by atoms with Crippen molar-refractivity contribution in [3.63, 3.8) is 0 Å². The lowest BCUT2D eigenvalue weighted by molar-refractivity contribution is 0.624. The van der Waals surface area contributed by atoms with Crippen molar-refractivity contribution >= 4 is 5.69 Å². The molecule has 18 heavy (non-hydrogen) atoms. The molecule has 4 heteroatoms. The molecule has 0 fully saturated rings. The highest BCUT2D eigenvalue weighted by Gasteiger charge is 2.05. The number of nitrogens with zero attached hydrogens (tertiary/aromatic N) is 2. The van der Waals surface area contributed by atoms with Crippen LogP contribution in [0.2, 0.25) is 0 Å². The summed E-state index contributed by atoms with van der Waals surface area (Å²) in [5.74, 6) is -0.255. The topological polar surface area (TPSA) is 42.2 Å². The van der Waals surface area contributed by atoms with E-state index >= 15 is 0 Å². The van der Waals surface area contributed by atoms with Crippen LogP contribution in [0.15, 0.2) is 42.7 Å². The Morgan fingerprint density at radius 2 is 1.89 bits per heavy atom. The summed E-state index contributed by atoms with van der Waals surface area (Å²) in [5.41, 5.74) is 8.30. The molecule has 1 aromatic carbocycles. The zero-order valence-corrected chi connectivity index (χ0v) is 10.3. The number of rotatable bonds is 4. The molecular weight excluding hydrogens is 229 g/mol. The number of pyridine rings is 1. The van der Waals surface area contributed by atoms with Crippen molar-refractivity contribution in [3.05, 3.63) is 59.7 Å². The molecule has 1 heterocycles. The van der Waals surface area contributed by atoms with Crippen LogP contribution in [0.1, 0.15) is 11.1 Å². The molecule has 0 radical (unpaired) electrons. The van der Waals surface area contributed by atoms with Gasteiger partial charge in [-0.2, -0.15) is 0 Å². The Labute approximate surface area is 106 Å². The summed E-state index contributed by atoms with van der Waals surface area (Å²) in [6.07, 6.45) is 3.50. The van der Waals surface area contributed by atoms with E-state index in [0.29, 0.717) is 13.1 Å². The summed E-state index contributed by atoms with van der Waals surface area (Å²) in [6.45, 7) is 1.05. The number of nitrogens with two attached hydrogens (primary N) is 1. The van der Waals surface area contributed by atoms with Gasteiger partial charge in [-0.1, -0.05) is 0 Å². The summed E-state index contributed by atoms with van der Waals surface area (Å²) >= 11 is 0. The SMILES string of the molecule is CN(Cc1ccncc1)c1cc(F)cc(CN)c1. The van der Waals surface area contributed by atoms with Crippen molar-refractivity contribution in [2.75, 3.05) is 11.9 Å². The molecule has 0 bridgehead atoms. The smallest absolute Gasteiger partial charge is 0.125 e. The molecule has 2 N–H and O–H groups in total. The number of hydrogen-bond donors (Lipinski definition) is 1. The Kier molecular flexibility index (Phi) is 3.89.